The van der Waals surface area contributed by atoms with E-state index in [-0.39, 0.29) is 0 Å². The average Bonchev–Trinajstić information content (AvgIpc) is 2.02. The van der Waals surface area contributed by atoms with Gasteiger partial charge in [-0.05, 0) is 25.5 Å². The van der Waals surface area contributed by atoms with Crippen LogP contribution in [-0.2, 0) is 4.79 Å². The van der Waals surface area contributed by atoms with Crippen molar-refractivity contribution in [2.75, 3.05) is 0 Å². The minimum Gasteiger partial charge on any atom is -0.481 e. The predicted octanol–water partition coefficient (Wildman–Crippen LogP) is 1.88. The summed E-state index contributed by atoms with van der Waals surface area (Å²) in [5.41, 5.74) is 5.15. The summed E-state index contributed by atoms with van der Waals surface area (Å²) in [6, 6.07) is 0. The van der Waals surface area contributed by atoms with Gasteiger partial charge in [0.15, 0.2) is 0 Å². The lowest BCUT2D eigenvalue weighted by Crippen LogP contribution is -1.93. The molecule has 0 heterocycles. The highest BCUT2D eigenvalue weighted by Gasteiger charge is 1.95. The molecule has 0 atom stereocenters. The van der Waals surface area contributed by atoms with Gasteiger partial charge in [0, 0.05) is 6.42 Å². The molecule has 0 aliphatic rings. The Morgan fingerprint density at radius 3 is 2.50 bits per heavy atom. The number of nitrogens with two attached hydrogens (primary N) is 1. The molecule has 0 aromatic carbocycles. The van der Waals surface area contributed by atoms with Crippen LogP contribution in [0.25, 0.3) is 0 Å². The van der Waals surface area contributed by atoms with Crippen molar-refractivity contribution < 1.29 is 9.90 Å². The summed E-state index contributed by atoms with van der Waals surface area (Å²) in [7, 11) is 0. The first-order chi connectivity index (χ1) is 5.77. The van der Waals surface area contributed by atoms with Crippen LogP contribution in [0.15, 0.2) is 12.3 Å². The van der Waals surface area contributed by atoms with Gasteiger partial charge in [-0.15, -0.1) is 0 Å². The maximum Gasteiger partial charge on any atom is 0.303 e. The van der Waals surface area contributed by atoms with Gasteiger partial charge < -0.3 is 10.8 Å². The van der Waals surface area contributed by atoms with E-state index in [2.05, 4.69) is 0 Å². The van der Waals surface area contributed by atoms with Crippen molar-refractivity contribution in [3.63, 3.8) is 0 Å². The van der Waals surface area contributed by atoms with Crippen molar-refractivity contribution >= 4 is 5.97 Å². The Kier molecular flexibility index (Phi) is 7.44. The lowest BCUT2D eigenvalue weighted by atomic mass is 10.1. The Morgan fingerprint density at radius 1 is 1.25 bits per heavy atom. The van der Waals surface area contributed by atoms with Crippen molar-refractivity contribution in [2.24, 2.45) is 5.73 Å². The third-order valence-corrected chi connectivity index (χ3v) is 1.65. The molecule has 3 heteroatoms. The zero-order valence-corrected chi connectivity index (χ0v) is 7.33. The second-order valence-electron chi connectivity index (χ2n) is 2.77. The highest BCUT2D eigenvalue weighted by Crippen LogP contribution is 2.05. The van der Waals surface area contributed by atoms with Gasteiger partial charge in [-0.25, -0.2) is 0 Å². The summed E-state index contributed by atoms with van der Waals surface area (Å²) in [4.78, 5) is 10.1. The van der Waals surface area contributed by atoms with Gasteiger partial charge in [-0.3, -0.25) is 4.79 Å². The first-order valence-corrected chi connectivity index (χ1v) is 4.36. The number of allylic oxidation sites excluding steroid dienone is 1. The summed E-state index contributed by atoms with van der Waals surface area (Å²) in [6.07, 6.45) is 8.78. The second kappa shape index (κ2) is 8.11. The van der Waals surface area contributed by atoms with E-state index in [0.717, 1.165) is 32.1 Å². The first kappa shape index (κ1) is 11.0. The molecule has 0 rings (SSSR count). The minimum atomic E-state index is -0.697. The molecule has 3 N–H and O–H groups in total. The summed E-state index contributed by atoms with van der Waals surface area (Å²) in [5, 5.41) is 8.33. The van der Waals surface area contributed by atoms with Gasteiger partial charge in [0.25, 0.3) is 0 Å². The lowest BCUT2D eigenvalue weighted by molar-refractivity contribution is -0.137. The van der Waals surface area contributed by atoms with Gasteiger partial charge in [-0.2, -0.15) is 0 Å². The van der Waals surface area contributed by atoms with Crippen molar-refractivity contribution in [3.8, 4) is 0 Å². The molecule has 0 bridgehead atoms. The van der Waals surface area contributed by atoms with E-state index in [1.165, 1.54) is 0 Å². The lowest BCUT2D eigenvalue weighted by Gasteiger charge is -1.96. The van der Waals surface area contributed by atoms with E-state index in [1.807, 2.05) is 6.08 Å². The molecule has 0 fully saturated rings. The molecule has 0 saturated carbocycles. The van der Waals surface area contributed by atoms with E-state index in [0.29, 0.717) is 6.42 Å². The fourth-order valence-electron chi connectivity index (χ4n) is 0.988. The predicted molar refractivity (Wildman–Crippen MR) is 48.7 cm³/mol. The summed E-state index contributed by atoms with van der Waals surface area (Å²) < 4.78 is 0. The topological polar surface area (TPSA) is 63.3 Å². The van der Waals surface area contributed by atoms with Crippen LogP contribution >= 0.6 is 0 Å². The SMILES string of the molecule is NC=CCCCCCCC(=O)O. The van der Waals surface area contributed by atoms with Gasteiger partial charge in [0.05, 0.1) is 0 Å². The van der Waals surface area contributed by atoms with E-state index < -0.39 is 5.97 Å². The Bertz CT molecular complexity index is 143. The smallest absolute Gasteiger partial charge is 0.303 e. The first-order valence-electron chi connectivity index (χ1n) is 4.36. The Labute approximate surface area is 73.3 Å². The monoisotopic (exact) mass is 171 g/mol. The van der Waals surface area contributed by atoms with Crippen molar-refractivity contribution in [1.82, 2.24) is 0 Å². The summed E-state index contributed by atoms with van der Waals surface area (Å²) in [6.45, 7) is 0. The average molecular weight is 171 g/mol. The van der Waals surface area contributed by atoms with Gasteiger partial charge >= 0.3 is 5.97 Å². The van der Waals surface area contributed by atoms with E-state index in [4.69, 9.17) is 10.8 Å². The fraction of sp³-hybridized carbons (Fsp3) is 0.667. The quantitative estimate of drug-likeness (QED) is 0.575. The zero-order chi connectivity index (χ0) is 9.23. The fourth-order valence-corrected chi connectivity index (χ4v) is 0.988. The molecular weight excluding hydrogens is 154 g/mol. The van der Waals surface area contributed by atoms with E-state index in [9.17, 15) is 4.79 Å². The maximum atomic E-state index is 10.1. The zero-order valence-electron chi connectivity index (χ0n) is 7.33. The van der Waals surface area contributed by atoms with Crippen LogP contribution in [0.3, 0.4) is 0 Å². The van der Waals surface area contributed by atoms with Crippen molar-refractivity contribution in [3.05, 3.63) is 12.3 Å². The van der Waals surface area contributed by atoms with Crippen LogP contribution in [0.5, 0.6) is 0 Å². The molecule has 0 aliphatic carbocycles. The molecule has 3 nitrogen and oxygen atoms in total. The molecular formula is C9H17NO2. The Morgan fingerprint density at radius 2 is 1.92 bits per heavy atom. The molecule has 0 aromatic rings. The Balaban J connectivity index is 2.96. The third kappa shape index (κ3) is 9.01. The van der Waals surface area contributed by atoms with Crippen LogP contribution in [-0.4, -0.2) is 11.1 Å². The van der Waals surface area contributed by atoms with Crippen molar-refractivity contribution in [2.45, 2.75) is 38.5 Å². The summed E-state index contributed by atoms with van der Waals surface area (Å²) >= 11 is 0. The second-order valence-corrected chi connectivity index (χ2v) is 2.77. The molecule has 0 aromatic heterocycles. The van der Waals surface area contributed by atoms with Gasteiger partial charge in [0.2, 0.25) is 0 Å². The number of rotatable bonds is 7. The van der Waals surface area contributed by atoms with Crippen molar-refractivity contribution in [1.29, 1.82) is 0 Å². The van der Waals surface area contributed by atoms with Crippen LogP contribution < -0.4 is 5.73 Å². The van der Waals surface area contributed by atoms with Crippen LogP contribution in [0, 0.1) is 0 Å². The Hall–Kier alpha value is -0.990. The normalized spacial score (nSPS) is 10.7. The third-order valence-electron chi connectivity index (χ3n) is 1.65. The van der Waals surface area contributed by atoms with E-state index in [1.54, 1.807) is 6.20 Å². The highest BCUT2D eigenvalue weighted by molar-refractivity contribution is 5.66. The number of carboxylic acid groups (broad SMARTS) is 1. The number of hydrogen-bond donors (Lipinski definition) is 2. The molecule has 70 valence electrons. The maximum absolute atomic E-state index is 10.1. The largest absolute Gasteiger partial charge is 0.481 e. The van der Waals surface area contributed by atoms with Gasteiger partial charge in [-0.1, -0.05) is 18.9 Å². The number of carboxylic acids is 1. The standard InChI is InChI=1S/C9H17NO2/c10-8-6-4-2-1-3-5-7-9(11)12/h6,8H,1-5,7,10H2,(H,11,12). The number of hydrogen-bond acceptors (Lipinski definition) is 2. The molecule has 0 radical (unpaired) electrons. The van der Waals surface area contributed by atoms with Crippen LogP contribution in [0.2, 0.25) is 0 Å². The number of carbonyl (C=O) groups is 1. The highest BCUT2D eigenvalue weighted by atomic mass is 16.4. The van der Waals surface area contributed by atoms with Gasteiger partial charge in [0.1, 0.15) is 0 Å². The molecule has 0 aliphatic heterocycles. The molecule has 0 unspecified atom stereocenters. The molecule has 12 heavy (non-hydrogen) atoms. The molecule has 0 saturated heterocycles. The molecule has 0 amide bonds. The van der Waals surface area contributed by atoms with E-state index >= 15 is 0 Å². The summed E-state index contributed by atoms with van der Waals surface area (Å²) in [5.74, 6) is -0.697. The van der Waals surface area contributed by atoms with Crippen LogP contribution in [0.1, 0.15) is 38.5 Å². The minimum absolute atomic E-state index is 0.298. The molecule has 0 spiro atoms. The number of aliphatic carboxylic acids is 1. The number of unbranched alkanes of at least 4 members (excludes halogenated alkanes) is 4. The van der Waals surface area contributed by atoms with Crippen LogP contribution in [0.4, 0.5) is 0 Å².